The number of imide groups is 1. The Balaban J connectivity index is 1.50. The first kappa shape index (κ1) is 18.6. The van der Waals surface area contributed by atoms with Crippen LogP contribution in [-0.4, -0.2) is 35.0 Å². The standard InChI is InChI=1S/C19H21FN2O3S/c20-15-7-5-14(6-8-15)11-16-18(24)22(19(25)26-16)10-9-21-17(23)12-13-3-1-2-4-13/h5-8,11,13H,1-4,9-10,12H2,(H,21,23)/b16-11-. The Bertz CT molecular complexity index is 727. The van der Waals surface area contributed by atoms with E-state index in [4.69, 9.17) is 0 Å². The summed E-state index contributed by atoms with van der Waals surface area (Å²) in [5, 5.41) is 2.44. The van der Waals surface area contributed by atoms with E-state index in [2.05, 4.69) is 5.32 Å². The smallest absolute Gasteiger partial charge is 0.293 e. The number of amides is 3. The summed E-state index contributed by atoms with van der Waals surface area (Å²) in [6.07, 6.45) is 6.68. The summed E-state index contributed by atoms with van der Waals surface area (Å²) in [5.41, 5.74) is 0.654. The number of halogens is 1. The molecule has 0 aromatic heterocycles. The third kappa shape index (κ3) is 4.72. The van der Waals surface area contributed by atoms with Crippen molar-refractivity contribution in [3.8, 4) is 0 Å². The molecule has 0 atom stereocenters. The van der Waals surface area contributed by atoms with Crippen LogP contribution in [0, 0.1) is 11.7 Å². The predicted molar refractivity (Wildman–Crippen MR) is 98.7 cm³/mol. The molecule has 1 saturated carbocycles. The third-order valence-electron chi connectivity index (χ3n) is 4.65. The van der Waals surface area contributed by atoms with Gasteiger partial charge in [0, 0.05) is 19.5 Å². The Kier molecular flexibility index (Phi) is 6.08. The lowest BCUT2D eigenvalue weighted by Gasteiger charge is -2.14. The lowest BCUT2D eigenvalue weighted by atomic mass is 10.0. The van der Waals surface area contributed by atoms with E-state index < -0.39 is 0 Å². The molecule has 1 aromatic rings. The topological polar surface area (TPSA) is 66.5 Å². The molecule has 1 heterocycles. The van der Waals surface area contributed by atoms with Gasteiger partial charge in [-0.3, -0.25) is 19.3 Å². The van der Waals surface area contributed by atoms with Gasteiger partial charge in [0.1, 0.15) is 5.82 Å². The number of hydrogen-bond acceptors (Lipinski definition) is 4. The lowest BCUT2D eigenvalue weighted by molar-refractivity contribution is -0.124. The second-order valence-corrected chi connectivity index (χ2v) is 7.58. The first-order valence-electron chi connectivity index (χ1n) is 8.80. The minimum atomic E-state index is -0.380. The van der Waals surface area contributed by atoms with Crippen LogP contribution in [0.15, 0.2) is 29.2 Å². The van der Waals surface area contributed by atoms with Gasteiger partial charge >= 0.3 is 0 Å². The molecule has 26 heavy (non-hydrogen) atoms. The first-order valence-corrected chi connectivity index (χ1v) is 9.62. The van der Waals surface area contributed by atoms with E-state index in [1.807, 2.05) is 0 Å². The number of carbonyl (C=O) groups is 3. The Labute approximate surface area is 156 Å². The number of hydrogen-bond donors (Lipinski definition) is 1. The zero-order valence-corrected chi connectivity index (χ0v) is 15.2. The summed E-state index contributed by atoms with van der Waals surface area (Å²) in [6, 6.07) is 5.70. The van der Waals surface area contributed by atoms with Gasteiger partial charge in [-0.1, -0.05) is 25.0 Å². The van der Waals surface area contributed by atoms with Gasteiger partial charge in [0.15, 0.2) is 0 Å². The fourth-order valence-corrected chi connectivity index (χ4v) is 4.12. The highest BCUT2D eigenvalue weighted by Crippen LogP contribution is 2.32. The SMILES string of the molecule is O=C(CC1CCCC1)NCCN1C(=O)S/C(=C\c2ccc(F)cc2)C1=O. The second kappa shape index (κ2) is 8.49. The second-order valence-electron chi connectivity index (χ2n) is 6.59. The maximum absolute atomic E-state index is 12.9. The van der Waals surface area contributed by atoms with Crippen molar-refractivity contribution in [2.24, 2.45) is 5.92 Å². The Morgan fingerprint density at radius 1 is 1.23 bits per heavy atom. The van der Waals surface area contributed by atoms with E-state index >= 15 is 0 Å². The van der Waals surface area contributed by atoms with Gasteiger partial charge < -0.3 is 5.32 Å². The first-order chi connectivity index (χ1) is 12.5. The number of carbonyl (C=O) groups excluding carboxylic acids is 3. The van der Waals surface area contributed by atoms with Gasteiger partial charge in [-0.05, 0) is 54.3 Å². The van der Waals surface area contributed by atoms with E-state index in [9.17, 15) is 18.8 Å². The zero-order valence-electron chi connectivity index (χ0n) is 14.4. The fraction of sp³-hybridized carbons (Fsp3) is 0.421. The van der Waals surface area contributed by atoms with Crippen LogP contribution in [0.3, 0.4) is 0 Å². The highest BCUT2D eigenvalue weighted by molar-refractivity contribution is 8.18. The number of benzene rings is 1. The van der Waals surface area contributed by atoms with Crippen LogP contribution in [0.25, 0.3) is 6.08 Å². The maximum Gasteiger partial charge on any atom is 0.293 e. The largest absolute Gasteiger partial charge is 0.354 e. The Morgan fingerprint density at radius 2 is 1.92 bits per heavy atom. The highest BCUT2D eigenvalue weighted by atomic mass is 32.2. The van der Waals surface area contributed by atoms with Crippen LogP contribution in [-0.2, 0) is 9.59 Å². The molecule has 0 radical (unpaired) electrons. The van der Waals surface area contributed by atoms with Crippen LogP contribution >= 0.6 is 11.8 Å². The van der Waals surface area contributed by atoms with E-state index in [0.717, 1.165) is 29.5 Å². The molecule has 0 spiro atoms. The summed E-state index contributed by atoms with van der Waals surface area (Å²) >= 11 is 0.858. The van der Waals surface area contributed by atoms with Crippen molar-refractivity contribution in [3.63, 3.8) is 0 Å². The molecular weight excluding hydrogens is 355 g/mol. The van der Waals surface area contributed by atoms with Crippen molar-refractivity contribution in [1.82, 2.24) is 10.2 Å². The van der Waals surface area contributed by atoms with E-state index in [-0.39, 0.29) is 36.0 Å². The Hall–Kier alpha value is -2.15. The normalized spacial score (nSPS) is 19.6. The summed E-state index contributed by atoms with van der Waals surface area (Å²) in [4.78, 5) is 37.8. The summed E-state index contributed by atoms with van der Waals surface area (Å²) in [7, 11) is 0. The summed E-state index contributed by atoms with van der Waals surface area (Å²) < 4.78 is 12.9. The van der Waals surface area contributed by atoms with E-state index in [1.54, 1.807) is 18.2 Å². The number of nitrogens with zero attached hydrogens (tertiary/aromatic N) is 1. The van der Waals surface area contributed by atoms with Crippen molar-refractivity contribution in [2.45, 2.75) is 32.1 Å². The van der Waals surface area contributed by atoms with Gasteiger partial charge in [-0.25, -0.2) is 4.39 Å². The third-order valence-corrected chi connectivity index (χ3v) is 5.56. The van der Waals surface area contributed by atoms with Gasteiger partial charge in [0.2, 0.25) is 5.91 Å². The van der Waals surface area contributed by atoms with Crippen molar-refractivity contribution in [3.05, 3.63) is 40.6 Å². The molecule has 0 bridgehead atoms. The molecule has 1 saturated heterocycles. The zero-order chi connectivity index (χ0) is 18.5. The fourth-order valence-electron chi connectivity index (χ4n) is 3.26. The average molecular weight is 376 g/mol. The van der Waals surface area contributed by atoms with E-state index in [0.29, 0.717) is 22.8 Å². The van der Waals surface area contributed by atoms with Crippen molar-refractivity contribution in [1.29, 1.82) is 0 Å². The minimum absolute atomic E-state index is 0.0225. The molecule has 2 fully saturated rings. The molecule has 7 heteroatoms. The molecule has 1 aliphatic carbocycles. The molecule has 1 aromatic carbocycles. The Morgan fingerprint density at radius 3 is 2.62 bits per heavy atom. The molecule has 3 rings (SSSR count). The van der Waals surface area contributed by atoms with Crippen molar-refractivity contribution in [2.75, 3.05) is 13.1 Å². The van der Waals surface area contributed by atoms with E-state index in [1.165, 1.54) is 25.0 Å². The predicted octanol–water partition coefficient (Wildman–Crippen LogP) is 3.56. The maximum atomic E-state index is 12.9. The van der Waals surface area contributed by atoms with Gasteiger partial charge in [0.25, 0.3) is 11.1 Å². The quantitative estimate of drug-likeness (QED) is 0.771. The average Bonchev–Trinajstić information content (AvgIpc) is 3.20. The van der Waals surface area contributed by atoms with Gasteiger partial charge in [0.05, 0.1) is 4.91 Å². The van der Waals surface area contributed by atoms with Gasteiger partial charge in [-0.15, -0.1) is 0 Å². The van der Waals surface area contributed by atoms with Crippen LogP contribution in [0.2, 0.25) is 0 Å². The van der Waals surface area contributed by atoms with Crippen LogP contribution in [0.4, 0.5) is 9.18 Å². The van der Waals surface area contributed by atoms with Gasteiger partial charge in [-0.2, -0.15) is 0 Å². The molecule has 138 valence electrons. The van der Waals surface area contributed by atoms with Crippen molar-refractivity contribution >= 4 is 34.9 Å². The summed E-state index contributed by atoms with van der Waals surface area (Å²) in [5.74, 6) is -0.297. The molecule has 1 N–H and O–H groups in total. The summed E-state index contributed by atoms with van der Waals surface area (Å²) in [6.45, 7) is 0.412. The van der Waals surface area contributed by atoms with Crippen LogP contribution in [0.1, 0.15) is 37.7 Å². The highest BCUT2D eigenvalue weighted by Gasteiger charge is 2.34. The molecule has 2 aliphatic rings. The minimum Gasteiger partial charge on any atom is -0.354 e. The number of nitrogens with one attached hydrogen (secondary N) is 1. The number of thioether (sulfide) groups is 1. The van der Waals surface area contributed by atoms with Crippen LogP contribution in [0.5, 0.6) is 0 Å². The molecular formula is C19H21FN2O3S. The molecule has 1 aliphatic heterocycles. The monoisotopic (exact) mass is 376 g/mol. The molecule has 5 nitrogen and oxygen atoms in total. The van der Waals surface area contributed by atoms with Crippen molar-refractivity contribution < 1.29 is 18.8 Å². The lowest BCUT2D eigenvalue weighted by Crippen LogP contribution is -2.37. The van der Waals surface area contributed by atoms with Crippen LogP contribution < -0.4 is 5.32 Å². The number of rotatable bonds is 6. The molecule has 3 amide bonds. The molecule has 0 unspecified atom stereocenters.